The highest BCUT2D eigenvalue weighted by atomic mass is 19.4. The van der Waals surface area contributed by atoms with Gasteiger partial charge in [-0.3, -0.25) is 5.43 Å². The molecule has 0 aliphatic carbocycles. The average Bonchev–Trinajstić information content (AvgIpc) is 2.51. The van der Waals surface area contributed by atoms with E-state index in [0.717, 1.165) is 17.8 Å². The predicted octanol–water partition coefficient (Wildman–Crippen LogP) is 5.21. The molecule has 0 unspecified atom stereocenters. The molecular formula is C17H15F3N2. The number of allylic oxidation sites excluding steroid dienone is 1. The maximum atomic E-state index is 12.4. The van der Waals surface area contributed by atoms with Crippen LogP contribution in [0.1, 0.15) is 18.1 Å². The smallest absolute Gasteiger partial charge is 0.278 e. The second-order valence-electron chi connectivity index (χ2n) is 4.68. The van der Waals surface area contributed by atoms with Crippen molar-refractivity contribution in [2.45, 2.75) is 13.1 Å². The summed E-state index contributed by atoms with van der Waals surface area (Å²) < 4.78 is 37.3. The first-order chi connectivity index (χ1) is 10.4. The Kier molecular flexibility index (Phi) is 4.99. The van der Waals surface area contributed by atoms with E-state index < -0.39 is 11.7 Å². The molecule has 22 heavy (non-hydrogen) atoms. The number of benzene rings is 2. The van der Waals surface area contributed by atoms with Gasteiger partial charge < -0.3 is 0 Å². The zero-order valence-corrected chi connectivity index (χ0v) is 11.9. The average molecular weight is 304 g/mol. The minimum Gasteiger partial charge on any atom is -0.278 e. The lowest BCUT2D eigenvalue weighted by molar-refractivity contribution is -0.137. The monoisotopic (exact) mass is 304 g/mol. The third-order valence-corrected chi connectivity index (χ3v) is 2.89. The molecule has 0 radical (unpaired) electrons. The van der Waals surface area contributed by atoms with Gasteiger partial charge in [0.2, 0.25) is 0 Å². The topological polar surface area (TPSA) is 24.4 Å². The molecule has 0 aromatic heterocycles. The molecule has 0 saturated heterocycles. The van der Waals surface area contributed by atoms with Crippen molar-refractivity contribution in [2.24, 2.45) is 5.10 Å². The van der Waals surface area contributed by atoms with Gasteiger partial charge in [-0.15, -0.1) is 0 Å². The quantitative estimate of drug-likeness (QED) is 0.609. The van der Waals surface area contributed by atoms with Gasteiger partial charge in [0.25, 0.3) is 0 Å². The van der Waals surface area contributed by atoms with Crippen LogP contribution in [0.25, 0.3) is 6.08 Å². The van der Waals surface area contributed by atoms with Gasteiger partial charge in [-0.1, -0.05) is 36.4 Å². The van der Waals surface area contributed by atoms with E-state index in [1.165, 1.54) is 12.1 Å². The molecule has 0 atom stereocenters. The second kappa shape index (κ2) is 6.93. The Labute approximate surface area is 127 Å². The fourth-order valence-corrected chi connectivity index (χ4v) is 1.70. The summed E-state index contributed by atoms with van der Waals surface area (Å²) in [5, 5.41) is 4.17. The number of rotatable bonds is 4. The normalized spacial score (nSPS) is 12.6. The highest BCUT2D eigenvalue weighted by molar-refractivity contribution is 5.96. The van der Waals surface area contributed by atoms with Crippen molar-refractivity contribution in [3.05, 3.63) is 71.8 Å². The maximum Gasteiger partial charge on any atom is 0.416 e. The summed E-state index contributed by atoms with van der Waals surface area (Å²) in [6.45, 7) is 1.80. The molecule has 1 N–H and O–H groups in total. The van der Waals surface area contributed by atoms with E-state index in [0.29, 0.717) is 11.3 Å². The van der Waals surface area contributed by atoms with Crippen molar-refractivity contribution >= 4 is 17.5 Å². The van der Waals surface area contributed by atoms with Gasteiger partial charge in [0, 0.05) is 0 Å². The van der Waals surface area contributed by atoms with Crippen LogP contribution in [0.15, 0.2) is 65.8 Å². The zero-order valence-electron chi connectivity index (χ0n) is 11.9. The van der Waals surface area contributed by atoms with Crippen molar-refractivity contribution in [3.63, 3.8) is 0 Å². The Bertz CT molecular complexity index is 657. The van der Waals surface area contributed by atoms with Crippen molar-refractivity contribution < 1.29 is 13.2 Å². The first-order valence-corrected chi connectivity index (χ1v) is 6.66. The number of para-hydroxylation sites is 1. The fraction of sp³-hybridized carbons (Fsp3) is 0.118. The molecule has 2 nitrogen and oxygen atoms in total. The molecule has 0 amide bonds. The number of nitrogens with one attached hydrogen (secondary N) is 1. The van der Waals surface area contributed by atoms with Gasteiger partial charge in [-0.25, -0.2) is 0 Å². The largest absolute Gasteiger partial charge is 0.416 e. The van der Waals surface area contributed by atoms with Crippen LogP contribution in [0, 0.1) is 0 Å². The van der Waals surface area contributed by atoms with Crippen LogP contribution in [0.5, 0.6) is 0 Å². The van der Waals surface area contributed by atoms with Gasteiger partial charge in [0.15, 0.2) is 0 Å². The molecule has 0 bridgehead atoms. The summed E-state index contributed by atoms with van der Waals surface area (Å²) in [4.78, 5) is 0. The van der Waals surface area contributed by atoms with Crippen LogP contribution >= 0.6 is 0 Å². The van der Waals surface area contributed by atoms with E-state index >= 15 is 0 Å². The van der Waals surface area contributed by atoms with Crippen molar-refractivity contribution in [1.29, 1.82) is 0 Å². The Hall–Kier alpha value is -2.56. The minimum atomic E-state index is -4.31. The molecule has 2 aromatic rings. The van der Waals surface area contributed by atoms with E-state index in [1.54, 1.807) is 19.1 Å². The summed E-state index contributed by atoms with van der Waals surface area (Å²) in [5.41, 5.74) is 4.51. The van der Waals surface area contributed by atoms with Crippen LogP contribution in [0.4, 0.5) is 18.9 Å². The maximum absolute atomic E-state index is 12.4. The minimum absolute atomic E-state index is 0.652. The first-order valence-electron chi connectivity index (χ1n) is 6.66. The van der Waals surface area contributed by atoms with E-state index in [-0.39, 0.29) is 0 Å². The van der Waals surface area contributed by atoms with Gasteiger partial charge >= 0.3 is 6.18 Å². The number of hydrogen-bond donors (Lipinski definition) is 1. The van der Waals surface area contributed by atoms with Gasteiger partial charge in [-0.2, -0.15) is 18.3 Å². The molecule has 0 aliphatic heterocycles. The lowest BCUT2D eigenvalue weighted by Gasteiger charge is -2.05. The van der Waals surface area contributed by atoms with E-state index in [9.17, 15) is 13.2 Å². The molecule has 2 rings (SSSR count). The number of anilines is 1. The first kappa shape index (κ1) is 15.8. The van der Waals surface area contributed by atoms with E-state index in [1.807, 2.05) is 30.3 Å². The summed E-state index contributed by atoms with van der Waals surface area (Å²) in [6, 6.07) is 14.5. The standard InChI is InChI=1S/C17H15F3N2/c1-13(21-22-16-5-3-2-4-6-16)7-8-14-9-11-15(12-10-14)17(18,19)20/h2-12,22H,1H3/b8-7+,21-13+. The molecule has 2 aromatic carbocycles. The molecule has 0 fully saturated rings. The SMILES string of the molecule is CC(/C=C/c1ccc(C(F)(F)F)cc1)=N\Nc1ccccc1. The van der Waals surface area contributed by atoms with E-state index in [4.69, 9.17) is 0 Å². The number of halogens is 3. The van der Waals surface area contributed by atoms with Crippen LogP contribution < -0.4 is 5.43 Å². The number of hydrazone groups is 1. The highest BCUT2D eigenvalue weighted by Gasteiger charge is 2.29. The van der Waals surface area contributed by atoms with Gasteiger partial charge in [-0.05, 0) is 42.8 Å². The highest BCUT2D eigenvalue weighted by Crippen LogP contribution is 2.29. The van der Waals surface area contributed by atoms with Crippen molar-refractivity contribution in [1.82, 2.24) is 0 Å². The van der Waals surface area contributed by atoms with Crippen LogP contribution in [0.3, 0.4) is 0 Å². The fourth-order valence-electron chi connectivity index (χ4n) is 1.70. The third kappa shape index (κ3) is 4.77. The Morgan fingerprint density at radius 3 is 2.23 bits per heavy atom. The zero-order chi connectivity index (χ0) is 16.0. The Balaban J connectivity index is 1.99. The number of nitrogens with zero attached hydrogens (tertiary/aromatic N) is 1. The van der Waals surface area contributed by atoms with Crippen LogP contribution in [-0.2, 0) is 6.18 Å². The number of alkyl halides is 3. The van der Waals surface area contributed by atoms with Crippen molar-refractivity contribution in [3.8, 4) is 0 Å². The second-order valence-corrected chi connectivity index (χ2v) is 4.68. The number of hydrogen-bond acceptors (Lipinski definition) is 2. The van der Waals surface area contributed by atoms with Crippen molar-refractivity contribution in [2.75, 3.05) is 5.43 Å². The molecule has 5 heteroatoms. The summed E-state index contributed by atoms with van der Waals surface area (Å²) >= 11 is 0. The summed E-state index contributed by atoms with van der Waals surface area (Å²) in [5.74, 6) is 0. The molecule has 114 valence electrons. The van der Waals surface area contributed by atoms with Crippen LogP contribution in [0.2, 0.25) is 0 Å². The Morgan fingerprint density at radius 2 is 1.64 bits per heavy atom. The van der Waals surface area contributed by atoms with E-state index in [2.05, 4.69) is 10.5 Å². The van der Waals surface area contributed by atoms with Crippen LogP contribution in [-0.4, -0.2) is 5.71 Å². The van der Waals surface area contributed by atoms with Gasteiger partial charge in [0.05, 0.1) is 17.0 Å². The van der Waals surface area contributed by atoms with Gasteiger partial charge in [0.1, 0.15) is 0 Å². The third-order valence-electron chi connectivity index (χ3n) is 2.89. The Morgan fingerprint density at radius 1 is 1.00 bits per heavy atom. The molecule has 0 heterocycles. The predicted molar refractivity (Wildman–Crippen MR) is 83.7 cm³/mol. The molecule has 0 saturated carbocycles. The molecule has 0 spiro atoms. The lowest BCUT2D eigenvalue weighted by Crippen LogP contribution is -2.03. The summed E-state index contributed by atoms with van der Waals surface area (Å²) in [7, 11) is 0. The lowest BCUT2D eigenvalue weighted by atomic mass is 10.1. The molecule has 0 aliphatic rings. The summed E-state index contributed by atoms with van der Waals surface area (Å²) in [6.07, 6.45) is -0.858. The molecular weight excluding hydrogens is 289 g/mol.